The molecule has 5 heteroatoms. The summed E-state index contributed by atoms with van der Waals surface area (Å²) in [7, 11) is 1.48. The fourth-order valence-corrected chi connectivity index (χ4v) is 3.20. The molecule has 26 heavy (non-hydrogen) atoms. The number of amides is 2. The number of rotatable bonds is 3. The summed E-state index contributed by atoms with van der Waals surface area (Å²) >= 11 is 0. The molecule has 1 heterocycles. The summed E-state index contributed by atoms with van der Waals surface area (Å²) in [5.41, 5.74) is 4.51. The molecule has 1 aliphatic heterocycles. The van der Waals surface area contributed by atoms with Crippen molar-refractivity contribution in [3.63, 3.8) is 0 Å². The first-order valence-corrected chi connectivity index (χ1v) is 8.53. The van der Waals surface area contributed by atoms with Crippen LogP contribution in [-0.4, -0.2) is 24.0 Å². The van der Waals surface area contributed by atoms with E-state index in [0.717, 1.165) is 16.7 Å². The predicted octanol–water partition coefficient (Wildman–Crippen LogP) is 3.26. The lowest BCUT2D eigenvalue weighted by molar-refractivity contribution is -0.121. The Balaban J connectivity index is 2.09. The molecule has 0 atom stereocenters. The molecule has 0 bridgehead atoms. The third-order valence-corrected chi connectivity index (χ3v) is 4.91. The van der Waals surface area contributed by atoms with E-state index in [2.05, 4.69) is 5.32 Å². The molecule has 2 amide bonds. The van der Waals surface area contributed by atoms with Crippen LogP contribution in [0, 0.1) is 13.8 Å². The number of para-hydroxylation sites is 1. The predicted molar refractivity (Wildman–Crippen MR) is 102 cm³/mol. The Morgan fingerprint density at radius 1 is 1.15 bits per heavy atom. The SMILES string of the molecule is CNC(=O)C1=C(O)c2ccccc2N(Cc2cccc(C)c2C)C(=O)C1. The molecular weight excluding hydrogens is 328 g/mol. The van der Waals surface area contributed by atoms with Crippen LogP contribution in [0.2, 0.25) is 0 Å². The van der Waals surface area contributed by atoms with Crippen LogP contribution in [0.5, 0.6) is 0 Å². The summed E-state index contributed by atoms with van der Waals surface area (Å²) < 4.78 is 0. The highest BCUT2D eigenvalue weighted by molar-refractivity contribution is 6.10. The second kappa shape index (κ2) is 7.04. The zero-order chi connectivity index (χ0) is 18.8. The number of nitrogens with zero attached hydrogens (tertiary/aromatic N) is 1. The van der Waals surface area contributed by atoms with Crippen LogP contribution in [0.4, 0.5) is 5.69 Å². The molecule has 134 valence electrons. The zero-order valence-corrected chi connectivity index (χ0v) is 15.2. The van der Waals surface area contributed by atoms with Crippen molar-refractivity contribution in [2.24, 2.45) is 0 Å². The molecular formula is C21H22N2O3. The van der Waals surface area contributed by atoms with Gasteiger partial charge in [-0.25, -0.2) is 0 Å². The van der Waals surface area contributed by atoms with Crippen LogP contribution in [-0.2, 0) is 16.1 Å². The fraction of sp³-hybridized carbons (Fsp3) is 0.238. The fourth-order valence-electron chi connectivity index (χ4n) is 3.20. The largest absolute Gasteiger partial charge is 0.507 e. The molecule has 0 saturated heterocycles. The van der Waals surface area contributed by atoms with Gasteiger partial charge in [-0.05, 0) is 42.7 Å². The molecule has 1 aliphatic rings. The summed E-state index contributed by atoms with van der Waals surface area (Å²) in [4.78, 5) is 26.7. The van der Waals surface area contributed by atoms with Crippen molar-refractivity contribution in [2.45, 2.75) is 26.8 Å². The Kier molecular flexibility index (Phi) is 4.80. The smallest absolute Gasteiger partial charge is 0.251 e. The first-order chi connectivity index (χ1) is 12.4. The molecule has 5 nitrogen and oxygen atoms in total. The van der Waals surface area contributed by atoms with Crippen LogP contribution in [0.3, 0.4) is 0 Å². The molecule has 3 rings (SSSR count). The molecule has 0 saturated carbocycles. The quantitative estimate of drug-likeness (QED) is 0.893. The molecule has 0 unspecified atom stereocenters. The van der Waals surface area contributed by atoms with Crippen molar-refractivity contribution in [3.8, 4) is 0 Å². The number of aryl methyl sites for hydroxylation is 1. The Morgan fingerprint density at radius 2 is 1.88 bits per heavy atom. The second-order valence-corrected chi connectivity index (χ2v) is 6.44. The number of benzene rings is 2. The van der Waals surface area contributed by atoms with Gasteiger partial charge in [0.1, 0.15) is 5.76 Å². The molecule has 0 aliphatic carbocycles. The maximum atomic E-state index is 13.0. The van der Waals surface area contributed by atoms with E-state index in [1.165, 1.54) is 7.05 Å². The minimum atomic E-state index is -0.445. The number of fused-ring (bicyclic) bond motifs is 1. The van der Waals surface area contributed by atoms with E-state index in [0.29, 0.717) is 17.8 Å². The Labute approximate surface area is 153 Å². The van der Waals surface area contributed by atoms with Gasteiger partial charge in [0.25, 0.3) is 5.91 Å². The highest BCUT2D eigenvalue weighted by atomic mass is 16.3. The molecule has 0 fully saturated rings. The van der Waals surface area contributed by atoms with Crippen LogP contribution in [0.1, 0.15) is 28.7 Å². The number of aliphatic hydroxyl groups is 1. The van der Waals surface area contributed by atoms with Gasteiger partial charge in [0, 0.05) is 12.6 Å². The lowest BCUT2D eigenvalue weighted by Crippen LogP contribution is -2.32. The lowest BCUT2D eigenvalue weighted by atomic mass is 10.0. The minimum Gasteiger partial charge on any atom is -0.507 e. The number of carbonyl (C=O) groups is 2. The maximum Gasteiger partial charge on any atom is 0.251 e. The molecule has 2 aromatic carbocycles. The van der Waals surface area contributed by atoms with Crippen LogP contribution >= 0.6 is 0 Å². The van der Waals surface area contributed by atoms with E-state index in [9.17, 15) is 14.7 Å². The van der Waals surface area contributed by atoms with Gasteiger partial charge in [0.2, 0.25) is 5.91 Å². The summed E-state index contributed by atoms with van der Waals surface area (Å²) in [6.07, 6.45) is -0.148. The van der Waals surface area contributed by atoms with E-state index in [1.54, 1.807) is 23.1 Å². The first kappa shape index (κ1) is 17.7. The van der Waals surface area contributed by atoms with Crippen molar-refractivity contribution >= 4 is 23.3 Å². The van der Waals surface area contributed by atoms with Gasteiger partial charge in [0.15, 0.2) is 0 Å². The molecule has 2 aromatic rings. The van der Waals surface area contributed by atoms with Crippen molar-refractivity contribution in [3.05, 3.63) is 70.3 Å². The van der Waals surface area contributed by atoms with Crippen LogP contribution < -0.4 is 10.2 Å². The number of anilines is 1. The number of hydrogen-bond donors (Lipinski definition) is 2. The maximum absolute atomic E-state index is 13.0. The average Bonchev–Trinajstić information content (AvgIpc) is 2.75. The summed E-state index contributed by atoms with van der Waals surface area (Å²) in [6.45, 7) is 4.45. The molecule has 0 spiro atoms. The monoisotopic (exact) mass is 350 g/mol. The summed E-state index contributed by atoms with van der Waals surface area (Å²) in [5.74, 6) is -0.808. The van der Waals surface area contributed by atoms with Crippen molar-refractivity contribution in [1.82, 2.24) is 5.32 Å². The third kappa shape index (κ3) is 3.08. The topological polar surface area (TPSA) is 69.6 Å². The Bertz CT molecular complexity index is 915. The van der Waals surface area contributed by atoms with Gasteiger partial charge in [0.05, 0.1) is 24.2 Å². The third-order valence-electron chi connectivity index (χ3n) is 4.91. The van der Waals surface area contributed by atoms with Gasteiger partial charge in [-0.15, -0.1) is 0 Å². The van der Waals surface area contributed by atoms with Crippen LogP contribution in [0.15, 0.2) is 48.0 Å². The Hall–Kier alpha value is -3.08. The van der Waals surface area contributed by atoms with Gasteiger partial charge in [-0.2, -0.15) is 0 Å². The zero-order valence-electron chi connectivity index (χ0n) is 15.2. The van der Waals surface area contributed by atoms with Crippen molar-refractivity contribution in [2.75, 3.05) is 11.9 Å². The second-order valence-electron chi connectivity index (χ2n) is 6.44. The van der Waals surface area contributed by atoms with Gasteiger partial charge >= 0.3 is 0 Å². The average molecular weight is 350 g/mol. The van der Waals surface area contributed by atoms with E-state index in [4.69, 9.17) is 0 Å². The number of carbonyl (C=O) groups excluding carboxylic acids is 2. The molecule has 0 radical (unpaired) electrons. The Morgan fingerprint density at radius 3 is 2.62 bits per heavy atom. The normalized spacial score (nSPS) is 14.1. The highest BCUT2D eigenvalue weighted by Crippen LogP contribution is 2.34. The van der Waals surface area contributed by atoms with Crippen molar-refractivity contribution < 1.29 is 14.7 Å². The van der Waals surface area contributed by atoms with E-state index in [1.807, 2.05) is 38.1 Å². The van der Waals surface area contributed by atoms with Crippen LogP contribution in [0.25, 0.3) is 5.76 Å². The number of likely N-dealkylation sites (N-methyl/N-ethyl adjacent to an activating group) is 1. The highest BCUT2D eigenvalue weighted by Gasteiger charge is 2.30. The number of aliphatic hydroxyl groups excluding tert-OH is 1. The minimum absolute atomic E-state index is 0.0911. The summed E-state index contributed by atoms with van der Waals surface area (Å²) in [5, 5.41) is 13.1. The van der Waals surface area contributed by atoms with Crippen molar-refractivity contribution in [1.29, 1.82) is 0 Å². The standard InChI is InChI=1S/C21H22N2O3/c1-13-7-6-8-15(14(13)2)12-23-18-10-5-4-9-16(18)20(25)17(11-19(23)24)21(26)22-3/h4-10,25H,11-12H2,1-3H3,(H,22,26). The van der Waals surface area contributed by atoms with Gasteiger partial charge < -0.3 is 15.3 Å². The molecule has 2 N–H and O–H groups in total. The van der Waals surface area contributed by atoms with Gasteiger partial charge in [-0.1, -0.05) is 30.3 Å². The van der Waals surface area contributed by atoms with E-state index < -0.39 is 5.91 Å². The lowest BCUT2D eigenvalue weighted by Gasteiger charge is -2.24. The van der Waals surface area contributed by atoms with E-state index >= 15 is 0 Å². The van der Waals surface area contributed by atoms with E-state index in [-0.39, 0.29) is 23.7 Å². The number of hydrogen-bond acceptors (Lipinski definition) is 3. The molecule has 0 aromatic heterocycles. The number of nitrogens with one attached hydrogen (secondary N) is 1. The van der Waals surface area contributed by atoms with Gasteiger partial charge in [-0.3, -0.25) is 9.59 Å². The first-order valence-electron chi connectivity index (χ1n) is 8.53. The summed E-state index contributed by atoms with van der Waals surface area (Å²) in [6, 6.07) is 13.1.